The van der Waals surface area contributed by atoms with Gasteiger partial charge in [0.05, 0.1) is 5.60 Å². The molecule has 1 saturated carbocycles. The Morgan fingerprint density at radius 1 is 1.38 bits per heavy atom. The second-order valence-electron chi connectivity index (χ2n) is 4.27. The Hall–Kier alpha value is -0.0800. The maximum Gasteiger partial charge on any atom is 0.0802 e. The number of rotatable bonds is 4. The molecule has 78 valence electrons. The van der Waals surface area contributed by atoms with E-state index in [0.29, 0.717) is 0 Å². The Bertz CT molecular complexity index is 139. The first-order valence-electron chi connectivity index (χ1n) is 5.46. The van der Waals surface area contributed by atoms with Crippen molar-refractivity contribution >= 4 is 0 Å². The maximum absolute atomic E-state index is 5.65. The molecule has 0 radical (unpaired) electrons. The average Bonchev–Trinajstić information content (AvgIpc) is 2.19. The molecule has 1 aliphatic carbocycles. The zero-order chi connectivity index (χ0) is 9.73. The third kappa shape index (κ3) is 2.68. The van der Waals surface area contributed by atoms with Gasteiger partial charge in [0, 0.05) is 13.7 Å². The standard InChI is InChI=1S/C11H23NO/c1-4-10-5-7-11(13-3,8-6-10)9-12-2/h10,12H,4-9H2,1-3H3. The van der Waals surface area contributed by atoms with Gasteiger partial charge < -0.3 is 10.1 Å². The third-order valence-corrected chi connectivity index (χ3v) is 3.53. The van der Waals surface area contributed by atoms with Crippen LogP contribution in [-0.4, -0.2) is 26.3 Å². The molecular formula is C11H23NO. The number of nitrogens with one attached hydrogen (secondary N) is 1. The summed E-state index contributed by atoms with van der Waals surface area (Å²) in [6.45, 7) is 3.29. The first-order valence-corrected chi connectivity index (χ1v) is 5.46. The van der Waals surface area contributed by atoms with Gasteiger partial charge in [0.2, 0.25) is 0 Å². The van der Waals surface area contributed by atoms with Crippen LogP contribution in [0.5, 0.6) is 0 Å². The molecule has 0 aliphatic heterocycles. The van der Waals surface area contributed by atoms with Crippen molar-refractivity contribution in [2.75, 3.05) is 20.7 Å². The molecule has 0 saturated heterocycles. The minimum atomic E-state index is 0.139. The molecule has 2 heteroatoms. The van der Waals surface area contributed by atoms with Crippen LogP contribution in [0.4, 0.5) is 0 Å². The Labute approximate surface area is 82.0 Å². The van der Waals surface area contributed by atoms with Crippen LogP contribution in [0.1, 0.15) is 39.0 Å². The highest BCUT2D eigenvalue weighted by Gasteiger charge is 2.33. The highest BCUT2D eigenvalue weighted by Crippen LogP contribution is 2.35. The molecule has 0 heterocycles. The fraction of sp³-hybridized carbons (Fsp3) is 1.00. The predicted octanol–water partition coefficient (Wildman–Crippen LogP) is 2.19. The maximum atomic E-state index is 5.65. The van der Waals surface area contributed by atoms with Gasteiger partial charge >= 0.3 is 0 Å². The summed E-state index contributed by atoms with van der Waals surface area (Å²) in [6, 6.07) is 0. The fourth-order valence-electron chi connectivity index (χ4n) is 2.39. The van der Waals surface area contributed by atoms with E-state index >= 15 is 0 Å². The van der Waals surface area contributed by atoms with Crippen LogP contribution in [0.2, 0.25) is 0 Å². The van der Waals surface area contributed by atoms with Gasteiger partial charge in [-0.05, 0) is 38.6 Å². The van der Waals surface area contributed by atoms with E-state index in [1.807, 2.05) is 14.2 Å². The summed E-state index contributed by atoms with van der Waals surface area (Å²) in [5.41, 5.74) is 0.139. The van der Waals surface area contributed by atoms with E-state index < -0.39 is 0 Å². The second kappa shape index (κ2) is 4.97. The normalized spacial score (nSPS) is 34.8. The molecule has 1 fully saturated rings. The highest BCUT2D eigenvalue weighted by atomic mass is 16.5. The molecule has 0 spiro atoms. The van der Waals surface area contributed by atoms with Crippen molar-refractivity contribution in [3.8, 4) is 0 Å². The zero-order valence-electron chi connectivity index (χ0n) is 9.23. The Morgan fingerprint density at radius 2 is 2.00 bits per heavy atom. The van der Waals surface area contributed by atoms with Crippen molar-refractivity contribution in [3.05, 3.63) is 0 Å². The van der Waals surface area contributed by atoms with Crippen molar-refractivity contribution in [2.45, 2.75) is 44.6 Å². The van der Waals surface area contributed by atoms with E-state index in [1.165, 1.54) is 32.1 Å². The number of methoxy groups -OCH3 is 1. The molecule has 0 unspecified atom stereocenters. The lowest BCUT2D eigenvalue weighted by molar-refractivity contribution is -0.0464. The second-order valence-corrected chi connectivity index (χ2v) is 4.27. The summed E-state index contributed by atoms with van der Waals surface area (Å²) in [7, 11) is 3.86. The minimum Gasteiger partial charge on any atom is -0.377 e. The number of hydrogen-bond donors (Lipinski definition) is 1. The number of hydrogen-bond acceptors (Lipinski definition) is 2. The van der Waals surface area contributed by atoms with Crippen LogP contribution in [0.3, 0.4) is 0 Å². The van der Waals surface area contributed by atoms with E-state index in [-0.39, 0.29) is 5.60 Å². The highest BCUT2D eigenvalue weighted by molar-refractivity contribution is 4.88. The van der Waals surface area contributed by atoms with E-state index in [0.717, 1.165) is 12.5 Å². The molecule has 0 aromatic heterocycles. The van der Waals surface area contributed by atoms with Gasteiger partial charge in [0.1, 0.15) is 0 Å². The van der Waals surface area contributed by atoms with Gasteiger partial charge in [0.15, 0.2) is 0 Å². The van der Waals surface area contributed by atoms with Crippen LogP contribution in [-0.2, 0) is 4.74 Å². The largest absolute Gasteiger partial charge is 0.377 e. The van der Waals surface area contributed by atoms with E-state index in [1.54, 1.807) is 0 Å². The smallest absolute Gasteiger partial charge is 0.0802 e. The molecule has 0 amide bonds. The van der Waals surface area contributed by atoms with Crippen LogP contribution < -0.4 is 5.32 Å². The molecule has 0 aromatic rings. The topological polar surface area (TPSA) is 21.3 Å². The first kappa shape index (κ1) is 11.0. The summed E-state index contributed by atoms with van der Waals surface area (Å²) in [6.07, 6.45) is 6.46. The molecule has 1 aliphatic rings. The molecule has 1 N–H and O–H groups in total. The van der Waals surface area contributed by atoms with Crippen LogP contribution >= 0.6 is 0 Å². The van der Waals surface area contributed by atoms with Gasteiger partial charge in [-0.3, -0.25) is 0 Å². The summed E-state index contributed by atoms with van der Waals surface area (Å²) < 4.78 is 5.65. The van der Waals surface area contributed by atoms with Gasteiger partial charge in [-0.2, -0.15) is 0 Å². The summed E-state index contributed by atoms with van der Waals surface area (Å²) in [5, 5.41) is 3.24. The van der Waals surface area contributed by atoms with Crippen molar-refractivity contribution in [1.29, 1.82) is 0 Å². The van der Waals surface area contributed by atoms with Gasteiger partial charge in [0.25, 0.3) is 0 Å². The Balaban J connectivity index is 2.42. The van der Waals surface area contributed by atoms with Crippen molar-refractivity contribution < 1.29 is 4.74 Å². The molecule has 0 aromatic carbocycles. The fourth-order valence-corrected chi connectivity index (χ4v) is 2.39. The van der Waals surface area contributed by atoms with Crippen LogP contribution in [0.15, 0.2) is 0 Å². The average molecular weight is 185 g/mol. The van der Waals surface area contributed by atoms with Crippen molar-refractivity contribution in [2.24, 2.45) is 5.92 Å². The molecule has 13 heavy (non-hydrogen) atoms. The number of likely N-dealkylation sites (N-methyl/N-ethyl adjacent to an activating group) is 1. The molecule has 0 bridgehead atoms. The van der Waals surface area contributed by atoms with E-state index in [4.69, 9.17) is 4.74 Å². The van der Waals surface area contributed by atoms with Crippen molar-refractivity contribution in [3.63, 3.8) is 0 Å². The van der Waals surface area contributed by atoms with Crippen molar-refractivity contribution in [1.82, 2.24) is 5.32 Å². The Kier molecular flexibility index (Phi) is 4.20. The molecule has 2 nitrogen and oxygen atoms in total. The number of ether oxygens (including phenoxy) is 1. The lowest BCUT2D eigenvalue weighted by Crippen LogP contribution is -2.44. The minimum absolute atomic E-state index is 0.139. The molecule has 0 atom stereocenters. The summed E-state index contributed by atoms with van der Waals surface area (Å²) >= 11 is 0. The SMILES string of the molecule is CCC1CCC(CNC)(OC)CC1. The van der Waals surface area contributed by atoms with Gasteiger partial charge in [-0.25, -0.2) is 0 Å². The first-order chi connectivity index (χ1) is 6.26. The lowest BCUT2D eigenvalue weighted by Gasteiger charge is -2.38. The lowest BCUT2D eigenvalue weighted by atomic mass is 9.77. The van der Waals surface area contributed by atoms with Crippen LogP contribution in [0.25, 0.3) is 0 Å². The predicted molar refractivity (Wildman–Crippen MR) is 55.9 cm³/mol. The third-order valence-electron chi connectivity index (χ3n) is 3.53. The zero-order valence-corrected chi connectivity index (χ0v) is 9.23. The van der Waals surface area contributed by atoms with Gasteiger partial charge in [-0.15, -0.1) is 0 Å². The monoisotopic (exact) mass is 185 g/mol. The van der Waals surface area contributed by atoms with Crippen LogP contribution in [0, 0.1) is 5.92 Å². The molecule has 1 rings (SSSR count). The summed E-state index contributed by atoms with van der Waals surface area (Å²) in [4.78, 5) is 0. The molecular weight excluding hydrogens is 162 g/mol. The summed E-state index contributed by atoms with van der Waals surface area (Å²) in [5.74, 6) is 0.945. The van der Waals surface area contributed by atoms with E-state index in [9.17, 15) is 0 Å². The quantitative estimate of drug-likeness (QED) is 0.725. The Morgan fingerprint density at radius 3 is 2.38 bits per heavy atom. The van der Waals surface area contributed by atoms with Gasteiger partial charge in [-0.1, -0.05) is 13.3 Å². The van der Waals surface area contributed by atoms with E-state index in [2.05, 4.69) is 12.2 Å².